The molecule has 0 atom stereocenters. The van der Waals surface area contributed by atoms with Gasteiger partial charge in [-0.2, -0.15) is 4.37 Å². The van der Waals surface area contributed by atoms with Crippen LogP contribution in [0.25, 0.3) is 0 Å². The van der Waals surface area contributed by atoms with Gasteiger partial charge in [0.15, 0.2) is 0 Å². The lowest BCUT2D eigenvalue weighted by molar-refractivity contribution is 0.00746. The molecule has 0 saturated carbocycles. The van der Waals surface area contributed by atoms with Crippen LogP contribution in [-0.2, 0) is 12.0 Å². The number of aliphatic hydroxyl groups is 1. The maximum Gasteiger partial charge on any atom is 0.205 e. The third-order valence-electron chi connectivity index (χ3n) is 3.33. The summed E-state index contributed by atoms with van der Waals surface area (Å²) in [5, 5.41) is 11.3. The largest absolute Gasteiger partial charge is 0.381 e. The van der Waals surface area contributed by atoms with E-state index in [0.29, 0.717) is 13.1 Å². The maximum absolute atomic E-state index is 12.9. The van der Waals surface area contributed by atoms with Crippen LogP contribution in [0, 0.1) is 5.82 Å². The molecule has 1 fully saturated rings. The average Bonchev–Trinajstić information content (AvgIpc) is 2.84. The van der Waals surface area contributed by atoms with E-state index in [9.17, 15) is 9.50 Å². The van der Waals surface area contributed by atoms with Crippen molar-refractivity contribution >= 4 is 16.7 Å². The second-order valence-electron chi connectivity index (χ2n) is 4.74. The molecular formula is C13H14FN3OS. The van der Waals surface area contributed by atoms with E-state index in [0.717, 1.165) is 22.9 Å². The van der Waals surface area contributed by atoms with Gasteiger partial charge in [-0.05, 0) is 17.7 Å². The summed E-state index contributed by atoms with van der Waals surface area (Å²) in [7, 11) is 0. The maximum atomic E-state index is 12.9. The highest BCUT2D eigenvalue weighted by atomic mass is 32.1. The van der Waals surface area contributed by atoms with Crippen LogP contribution in [0.1, 0.15) is 18.3 Å². The summed E-state index contributed by atoms with van der Waals surface area (Å²) >= 11 is 1.35. The number of anilines is 1. The first-order valence-electron chi connectivity index (χ1n) is 6.17. The van der Waals surface area contributed by atoms with Gasteiger partial charge in [0, 0.05) is 18.0 Å². The fourth-order valence-electron chi connectivity index (χ4n) is 2.18. The molecule has 1 aromatic heterocycles. The summed E-state index contributed by atoms with van der Waals surface area (Å²) in [4.78, 5) is 6.37. The van der Waals surface area contributed by atoms with Crippen molar-refractivity contribution in [3.63, 3.8) is 0 Å². The topological polar surface area (TPSA) is 49.2 Å². The van der Waals surface area contributed by atoms with Gasteiger partial charge in [0.25, 0.3) is 0 Å². The van der Waals surface area contributed by atoms with E-state index in [1.54, 1.807) is 12.1 Å². The Morgan fingerprint density at radius 3 is 2.63 bits per heavy atom. The normalized spacial score (nSPS) is 17.3. The molecule has 0 bridgehead atoms. The number of nitrogens with zero attached hydrogens (tertiary/aromatic N) is 3. The lowest BCUT2D eigenvalue weighted by Gasteiger charge is -2.46. The number of aromatic nitrogens is 2. The quantitative estimate of drug-likeness (QED) is 0.933. The molecule has 0 spiro atoms. The van der Waals surface area contributed by atoms with Crippen LogP contribution in [0.5, 0.6) is 0 Å². The first-order valence-corrected chi connectivity index (χ1v) is 6.94. The summed E-state index contributed by atoms with van der Waals surface area (Å²) < 4.78 is 17.1. The Hall–Kier alpha value is -1.53. The molecule has 1 aliphatic heterocycles. The fourth-order valence-corrected chi connectivity index (χ4v) is 2.93. The molecular weight excluding hydrogens is 265 g/mol. The molecule has 1 aliphatic rings. The molecule has 4 nitrogen and oxygen atoms in total. The Bertz CT molecular complexity index is 578. The Kier molecular flexibility index (Phi) is 2.99. The third kappa shape index (κ3) is 2.21. The monoisotopic (exact) mass is 279 g/mol. The highest BCUT2D eigenvalue weighted by molar-refractivity contribution is 7.09. The summed E-state index contributed by atoms with van der Waals surface area (Å²) in [6.45, 7) is 2.95. The SMILES string of the molecule is CCc1nsc(N2CC(O)(c3ccc(F)cc3)C2)n1. The van der Waals surface area contributed by atoms with Crippen LogP contribution >= 0.6 is 11.5 Å². The average molecular weight is 279 g/mol. The predicted molar refractivity (Wildman–Crippen MR) is 71.8 cm³/mol. The van der Waals surface area contributed by atoms with Crippen LogP contribution < -0.4 is 4.90 Å². The molecule has 1 aromatic carbocycles. The lowest BCUT2D eigenvalue weighted by Crippen LogP contribution is -2.59. The number of benzene rings is 1. The van der Waals surface area contributed by atoms with Crippen LogP contribution in [0.4, 0.5) is 9.52 Å². The lowest BCUT2D eigenvalue weighted by atomic mass is 9.86. The Labute approximate surface area is 114 Å². The highest BCUT2D eigenvalue weighted by Crippen LogP contribution is 2.36. The fraction of sp³-hybridized carbons (Fsp3) is 0.385. The van der Waals surface area contributed by atoms with Crippen LogP contribution in [0.15, 0.2) is 24.3 Å². The number of halogens is 1. The Morgan fingerprint density at radius 2 is 2.05 bits per heavy atom. The van der Waals surface area contributed by atoms with Crippen molar-refractivity contribution in [1.29, 1.82) is 0 Å². The number of rotatable bonds is 3. The van der Waals surface area contributed by atoms with Crippen molar-refractivity contribution in [3.8, 4) is 0 Å². The number of hydrogen-bond acceptors (Lipinski definition) is 5. The zero-order chi connectivity index (χ0) is 13.5. The van der Waals surface area contributed by atoms with Crippen molar-refractivity contribution < 1.29 is 9.50 Å². The molecule has 2 heterocycles. The van der Waals surface area contributed by atoms with Gasteiger partial charge in [-0.25, -0.2) is 9.37 Å². The number of β-amino-alcohol motifs (C(OH)–C–C–N with tert-alkyl or cyclic N) is 1. The zero-order valence-electron chi connectivity index (χ0n) is 10.5. The van der Waals surface area contributed by atoms with E-state index >= 15 is 0 Å². The molecule has 100 valence electrons. The van der Waals surface area contributed by atoms with Gasteiger partial charge >= 0.3 is 0 Å². The van der Waals surface area contributed by atoms with Crippen molar-refractivity contribution in [2.24, 2.45) is 0 Å². The summed E-state index contributed by atoms with van der Waals surface area (Å²) in [5.74, 6) is 0.539. The molecule has 0 unspecified atom stereocenters. The third-order valence-corrected chi connectivity index (χ3v) is 4.15. The van der Waals surface area contributed by atoms with Crippen LogP contribution in [-0.4, -0.2) is 27.6 Å². The zero-order valence-corrected chi connectivity index (χ0v) is 11.3. The number of hydrogen-bond donors (Lipinski definition) is 1. The molecule has 2 aromatic rings. The van der Waals surface area contributed by atoms with E-state index < -0.39 is 5.60 Å². The second-order valence-corrected chi connectivity index (χ2v) is 5.47. The first-order chi connectivity index (χ1) is 9.10. The van der Waals surface area contributed by atoms with E-state index in [-0.39, 0.29) is 5.82 Å². The minimum atomic E-state index is -0.911. The van der Waals surface area contributed by atoms with Crippen LogP contribution in [0.2, 0.25) is 0 Å². The molecule has 19 heavy (non-hydrogen) atoms. The molecule has 0 radical (unpaired) electrons. The van der Waals surface area contributed by atoms with E-state index in [4.69, 9.17) is 0 Å². The van der Waals surface area contributed by atoms with E-state index in [1.807, 2.05) is 11.8 Å². The second kappa shape index (κ2) is 4.54. The first kappa shape index (κ1) is 12.5. The Morgan fingerprint density at radius 1 is 1.37 bits per heavy atom. The van der Waals surface area contributed by atoms with Gasteiger partial charge in [0.1, 0.15) is 17.2 Å². The molecule has 6 heteroatoms. The standard InChI is InChI=1S/C13H14FN3OS/c1-2-11-15-12(19-16-11)17-7-13(18,8-17)9-3-5-10(14)6-4-9/h3-6,18H,2,7-8H2,1H3. The van der Waals surface area contributed by atoms with Crippen LogP contribution in [0.3, 0.4) is 0 Å². The molecule has 0 amide bonds. The summed E-state index contributed by atoms with van der Waals surface area (Å²) in [6, 6.07) is 6.00. The smallest absolute Gasteiger partial charge is 0.205 e. The molecule has 1 N–H and O–H groups in total. The predicted octanol–water partition coefficient (Wildman–Crippen LogP) is 1.95. The van der Waals surface area contributed by atoms with Crippen molar-refractivity contribution in [3.05, 3.63) is 41.5 Å². The minimum absolute atomic E-state index is 0.291. The van der Waals surface area contributed by atoms with E-state index in [1.165, 1.54) is 23.7 Å². The van der Waals surface area contributed by atoms with E-state index in [2.05, 4.69) is 9.36 Å². The van der Waals surface area contributed by atoms with Crippen molar-refractivity contribution in [2.75, 3.05) is 18.0 Å². The van der Waals surface area contributed by atoms with Crippen molar-refractivity contribution in [1.82, 2.24) is 9.36 Å². The highest BCUT2D eigenvalue weighted by Gasteiger charge is 2.44. The minimum Gasteiger partial charge on any atom is -0.381 e. The van der Waals surface area contributed by atoms with Gasteiger partial charge in [-0.15, -0.1) is 0 Å². The van der Waals surface area contributed by atoms with Gasteiger partial charge in [0.05, 0.1) is 13.1 Å². The van der Waals surface area contributed by atoms with Crippen molar-refractivity contribution in [2.45, 2.75) is 18.9 Å². The van der Waals surface area contributed by atoms with Gasteiger partial charge < -0.3 is 10.0 Å². The molecule has 1 saturated heterocycles. The Balaban J connectivity index is 1.72. The van der Waals surface area contributed by atoms with Gasteiger partial charge in [-0.3, -0.25) is 0 Å². The molecule has 3 rings (SSSR count). The molecule has 0 aliphatic carbocycles. The summed E-state index contributed by atoms with van der Waals surface area (Å²) in [5.41, 5.74) is -0.170. The van der Waals surface area contributed by atoms with Gasteiger partial charge in [0.2, 0.25) is 5.13 Å². The van der Waals surface area contributed by atoms with Gasteiger partial charge in [-0.1, -0.05) is 19.1 Å². The number of aryl methyl sites for hydroxylation is 1. The summed E-state index contributed by atoms with van der Waals surface area (Å²) in [6.07, 6.45) is 0.812.